The molecule has 1 aromatic heterocycles. The van der Waals surface area contributed by atoms with Crippen molar-refractivity contribution in [1.82, 2.24) is 4.98 Å². The molecular weight excluding hydrogens is 220 g/mol. The van der Waals surface area contributed by atoms with Crippen LogP contribution in [0.1, 0.15) is 10.6 Å². The molecule has 1 heterocycles. The standard InChI is InChI=1S/C12H14N2OS/c1-8-11(7-13)14-12(16-8)9-4-3-5-10(6-9)15-2/h3-6H,7,13H2,1-2H3. The molecule has 0 unspecified atom stereocenters. The molecule has 2 N–H and O–H groups in total. The van der Waals surface area contributed by atoms with Gasteiger partial charge in [-0.15, -0.1) is 11.3 Å². The van der Waals surface area contributed by atoms with Gasteiger partial charge in [-0.1, -0.05) is 12.1 Å². The van der Waals surface area contributed by atoms with E-state index in [1.807, 2.05) is 31.2 Å². The molecule has 2 aromatic rings. The van der Waals surface area contributed by atoms with E-state index in [0.717, 1.165) is 22.0 Å². The van der Waals surface area contributed by atoms with Crippen molar-refractivity contribution in [1.29, 1.82) is 0 Å². The molecule has 1 aromatic carbocycles. The summed E-state index contributed by atoms with van der Waals surface area (Å²) in [5, 5.41) is 0.997. The van der Waals surface area contributed by atoms with Crippen molar-refractivity contribution in [3.05, 3.63) is 34.8 Å². The van der Waals surface area contributed by atoms with E-state index in [9.17, 15) is 0 Å². The first kappa shape index (κ1) is 11.1. The predicted octanol–water partition coefficient (Wildman–Crippen LogP) is 2.59. The van der Waals surface area contributed by atoms with Crippen molar-refractivity contribution >= 4 is 11.3 Å². The summed E-state index contributed by atoms with van der Waals surface area (Å²) in [4.78, 5) is 5.69. The summed E-state index contributed by atoms with van der Waals surface area (Å²) in [5.41, 5.74) is 7.67. The van der Waals surface area contributed by atoms with Gasteiger partial charge in [0.2, 0.25) is 0 Å². The molecule has 0 spiro atoms. The lowest BCUT2D eigenvalue weighted by Crippen LogP contribution is -1.97. The van der Waals surface area contributed by atoms with E-state index in [0.29, 0.717) is 6.54 Å². The fraction of sp³-hybridized carbons (Fsp3) is 0.250. The number of hydrogen-bond donors (Lipinski definition) is 1. The zero-order valence-corrected chi connectivity index (χ0v) is 10.2. The number of hydrogen-bond acceptors (Lipinski definition) is 4. The maximum atomic E-state index is 5.62. The molecule has 0 amide bonds. The highest BCUT2D eigenvalue weighted by Gasteiger charge is 2.08. The summed E-state index contributed by atoms with van der Waals surface area (Å²) < 4.78 is 5.19. The van der Waals surface area contributed by atoms with Crippen LogP contribution in [0.5, 0.6) is 5.75 Å². The van der Waals surface area contributed by atoms with Crippen LogP contribution in [0.25, 0.3) is 10.6 Å². The second kappa shape index (κ2) is 4.63. The Morgan fingerprint density at radius 1 is 1.44 bits per heavy atom. The average molecular weight is 234 g/mol. The van der Waals surface area contributed by atoms with Crippen molar-refractivity contribution in [2.75, 3.05) is 7.11 Å². The minimum atomic E-state index is 0.492. The molecule has 84 valence electrons. The second-order valence-electron chi connectivity index (χ2n) is 3.46. The Morgan fingerprint density at radius 2 is 2.25 bits per heavy atom. The molecule has 16 heavy (non-hydrogen) atoms. The van der Waals surface area contributed by atoms with Gasteiger partial charge in [-0.25, -0.2) is 4.98 Å². The van der Waals surface area contributed by atoms with E-state index in [1.165, 1.54) is 4.88 Å². The van der Waals surface area contributed by atoms with Crippen molar-refractivity contribution in [2.24, 2.45) is 5.73 Å². The summed E-state index contributed by atoms with van der Waals surface area (Å²) in [6, 6.07) is 7.90. The van der Waals surface area contributed by atoms with Crippen LogP contribution >= 0.6 is 11.3 Å². The lowest BCUT2D eigenvalue weighted by molar-refractivity contribution is 0.415. The van der Waals surface area contributed by atoms with Crippen LogP contribution in [0.3, 0.4) is 0 Å². The molecule has 4 heteroatoms. The van der Waals surface area contributed by atoms with Gasteiger partial charge in [-0.3, -0.25) is 0 Å². The number of ether oxygens (including phenoxy) is 1. The molecule has 0 bridgehead atoms. The third-order valence-electron chi connectivity index (χ3n) is 2.40. The number of rotatable bonds is 3. The lowest BCUT2D eigenvalue weighted by atomic mass is 10.2. The minimum absolute atomic E-state index is 0.492. The lowest BCUT2D eigenvalue weighted by Gasteiger charge is -2.00. The van der Waals surface area contributed by atoms with E-state index < -0.39 is 0 Å². The number of thiazole rings is 1. The molecule has 0 aliphatic carbocycles. The molecule has 0 aliphatic rings. The quantitative estimate of drug-likeness (QED) is 0.888. The monoisotopic (exact) mass is 234 g/mol. The van der Waals surface area contributed by atoms with Crippen LogP contribution in [0, 0.1) is 6.92 Å². The first-order valence-electron chi connectivity index (χ1n) is 5.05. The van der Waals surface area contributed by atoms with Gasteiger partial charge >= 0.3 is 0 Å². The number of nitrogens with zero attached hydrogens (tertiary/aromatic N) is 1. The summed E-state index contributed by atoms with van der Waals surface area (Å²) >= 11 is 1.66. The Bertz CT molecular complexity index is 494. The van der Waals surface area contributed by atoms with Gasteiger partial charge in [0.15, 0.2) is 0 Å². The molecule has 0 saturated carbocycles. The van der Waals surface area contributed by atoms with Crippen molar-refractivity contribution in [3.63, 3.8) is 0 Å². The molecule has 0 saturated heterocycles. The minimum Gasteiger partial charge on any atom is -0.497 e. The maximum absolute atomic E-state index is 5.62. The fourth-order valence-electron chi connectivity index (χ4n) is 1.50. The van der Waals surface area contributed by atoms with Gasteiger partial charge in [0, 0.05) is 17.0 Å². The number of nitrogens with two attached hydrogens (primary N) is 1. The Morgan fingerprint density at radius 3 is 2.88 bits per heavy atom. The molecule has 3 nitrogen and oxygen atoms in total. The third-order valence-corrected chi connectivity index (χ3v) is 3.46. The summed E-state index contributed by atoms with van der Waals surface area (Å²) in [7, 11) is 1.66. The van der Waals surface area contributed by atoms with E-state index in [1.54, 1.807) is 18.4 Å². The summed E-state index contributed by atoms with van der Waals surface area (Å²) in [5.74, 6) is 0.847. The van der Waals surface area contributed by atoms with Crippen LogP contribution in [-0.2, 0) is 6.54 Å². The van der Waals surface area contributed by atoms with E-state index in [-0.39, 0.29) is 0 Å². The van der Waals surface area contributed by atoms with Crippen LogP contribution in [0.2, 0.25) is 0 Å². The van der Waals surface area contributed by atoms with Gasteiger partial charge < -0.3 is 10.5 Å². The number of benzene rings is 1. The van der Waals surface area contributed by atoms with Gasteiger partial charge in [0.25, 0.3) is 0 Å². The molecule has 0 radical (unpaired) electrons. The Balaban J connectivity index is 2.41. The van der Waals surface area contributed by atoms with Gasteiger partial charge in [0.1, 0.15) is 10.8 Å². The highest BCUT2D eigenvalue weighted by molar-refractivity contribution is 7.15. The van der Waals surface area contributed by atoms with Crippen molar-refractivity contribution in [3.8, 4) is 16.3 Å². The predicted molar refractivity (Wildman–Crippen MR) is 66.7 cm³/mol. The van der Waals surface area contributed by atoms with Crippen LogP contribution < -0.4 is 10.5 Å². The van der Waals surface area contributed by atoms with Crippen LogP contribution in [0.15, 0.2) is 24.3 Å². The van der Waals surface area contributed by atoms with E-state index >= 15 is 0 Å². The largest absolute Gasteiger partial charge is 0.497 e. The summed E-state index contributed by atoms with van der Waals surface area (Å²) in [6.07, 6.45) is 0. The van der Waals surface area contributed by atoms with Crippen LogP contribution in [-0.4, -0.2) is 12.1 Å². The maximum Gasteiger partial charge on any atom is 0.124 e. The third kappa shape index (κ3) is 2.08. The number of aromatic nitrogens is 1. The van der Waals surface area contributed by atoms with Gasteiger partial charge in [0.05, 0.1) is 12.8 Å². The van der Waals surface area contributed by atoms with E-state index in [2.05, 4.69) is 4.98 Å². The van der Waals surface area contributed by atoms with E-state index in [4.69, 9.17) is 10.5 Å². The zero-order chi connectivity index (χ0) is 11.5. The number of aryl methyl sites for hydroxylation is 1. The number of methoxy groups -OCH3 is 1. The highest BCUT2D eigenvalue weighted by atomic mass is 32.1. The summed E-state index contributed by atoms with van der Waals surface area (Å²) in [6.45, 7) is 2.54. The SMILES string of the molecule is COc1cccc(-c2nc(CN)c(C)s2)c1. The molecule has 0 atom stereocenters. The Hall–Kier alpha value is -1.39. The molecule has 0 aliphatic heterocycles. The first-order valence-corrected chi connectivity index (χ1v) is 5.87. The van der Waals surface area contributed by atoms with Crippen LogP contribution in [0.4, 0.5) is 0 Å². The average Bonchev–Trinajstić information content (AvgIpc) is 2.71. The molecular formula is C12H14N2OS. The van der Waals surface area contributed by atoms with Gasteiger partial charge in [-0.2, -0.15) is 0 Å². The smallest absolute Gasteiger partial charge is 0.124 e. The zero-order valence-electron chi connectivity index (χ0n) is 9.36. The molecule has 2 rings (SSSR count). The van der Waals surface area contributed by atoms with Gasteiger partial charge in [-0.05, 0) is 19.1 Å². The Labute approximate surface area is 98.9 Å². The first-order chi connectivity index (χ1) is 7.74. The molecule has 0 fully saturated rings. The fourth-order valence-corrected chi connectivity index (χ4v) is 2.43. The highest BCUT2D eigenvalue weighted by Crippen LogP contribution is 2.29. The second-order valence-corrected chi connectivity index (χ2v) is 4.66. The Kier molecular flexibility index (Phi) is 3.22. The topological polar surface area (TPSA) is 48.1 Å². The normalized spacial score (nSPS) is 10.4. The van der Waals surface area contributed by atoms with Crippen molar-refractivity contribution < 1.29 is 4.74 Å². The van der Waals surface area contributed by atoms with Crippen molar-refractivity contribution in [2.45, 2.75) is 13.5 Å².